The van der Waals surface area contributed by atoms with E-state index >= 15 is 0 Å². The van der Waals surface area contributed by atoms with E-state index in [2.05, 4.69) is 81.9 Å². The standard InChI is InChI=1S/C26H26N4/c1-2-11-24(12-3-1)30-15-7-10-22(19-30)28-18-23-16-20-8-4-5-13-25(20)26(29-23)21-9-6-14-27-17-21/h1-6,8-9,11-14,16-17,22,28H,7,10,15,18-19H2. The molecule has 1 fully saturated rings. The quantitative estimate of drug-likeness (QED) is 0.514. The van der Waals surface area contributed by atoms with Crippen molar-refractivity contribution in [1.82, 2.24) is 15.3 Å². The average molecular weight is 395 g/mol. The van der Waals surface area contributed by atoms with Crippen LogP contribution in [0.2, 0.25) is 0 Å². The number of hydrogen-bond acceptors (Lipinski definition) is 4. The minimum Gasteiger partial charge on any atom is -0.370 e. The van der Waals surface area contributed by atoms with Crippen molar-refractivity contribution in [3.8, 4) is 11.3 Å². The van der Waals surface area contributed by atoms with E-state index in [-0.39, 0.29) is 0 Å². The number of pyridine rings is 2. The average Bonchev–Trinajstić information content (AvgIpc) is 2.83. The summed E-state index contributed by atoms with van der Waals surface area (Å²) in [6.45, 7) is 2.93. The molecule has 1 atom stereocenters. The van der Waals surface area contributed by atoms with Crippen LogP contribution in [0.4, 0.5) is 5.69 Å². The summed E-state index contributed by atoms with van der Waals surface area (Å²) in [7, 11) is 0. The van der Waals surface area contributed by atoms with E-state index < -0.39 is 0 Å². The SMILES string of the molecule is c1ccc(N2CCCC(NCc3cc4ccccc4c(-c4cccnc4)n3)C2)cc1. The predicted octanol–water partition coefficient (Wildman–Crippen LogP) is 5.06. The summed E-state index contributed by atoms with van der Waals surface area (Å²) in [5, 5.41) is 6.15. The van der Waals surface area contributed by atoms with E-state index in [0.717, 1.165) is 36.6 Å². The first-order valence-electron chi connectivity index (χ1n) is 10.7. The minimum absolute atomic E-state index is 0.467. The molecular weight excluding hydrogens is 368 g/mol. The Labute approximate surface area is 177 Å². The highest BCUT2D eigenvalue weighted by Crippen LogP contribution is 2.27. The molecule has 0 spiro atoms. The van der Waals surface area contributed by atoms with Gasteiger partial charge < -0.3 is 10.2 Å². The zero-order valence-electron chi connectivity index (χ0n) is 17.0. The number of nitrogens with one attached hydrogen (secondary N) is 1. The largest absolute Gasteiger partial charge is 0.370 e. The van der Waals surface area contributed by atoms with Crippen molar-refractivity contribution in [2.45, 2.75) is 25.4 Å². The molecule has 1 unspecified atom stereocenters. The van der Waals surface area contributed by atoms with Gasteiger partial charge in [-0.2, -0.15) is 0 Å². The highest BCUT2D eigenvalue weighted by Gasteiger charge is 2.20. The molecule has 5 rings (SSSR count). The van der Waals surface area contributed by atoms with Crippen LogP contribution in [0.25, 0.3) is 22.0 Å². The van der Waals surface area contributed by atoms with E-state index in [4.69, 9.17) is 4.98 Å². The molecule has 4 heteroatoms. The van der Waals surface area contributed by atoms with Gasteiger partial charge in [0.05, 0.1) is 11.4 Å². The highest BCUT2D eigenvalue weighted by atomic mass is 15.2. The lowest BCUT2D eigenvalue weighted by Gasteiger charge is -2.35. The molecule has 30 heavy (non-hydrogen) atoms. The fraction of sp³-hybridized carbons (Fsp3) is 0.231. The van der Waals surface area contributed by atoms with Gasteiger partial charge in [0, 0.05) is 54.7 Å². The Balaban J connectivity index is 1.36. The van der Waals surface area contributed by atoms with Gasteiger partial charge in [-0.3, -0.25) is 9.97 Å². The molecule has 2 aromatic carbocycles. The summed E-state index contributed by atoms with van der Waals surface area (Å²) >= 11 is 0. The summed E-state index contributed by atoms with van der Waals surface area (Å²) in [5.74, 6) is 0. The molecule has 1 saturated heterocycles. The van der Waals surface area contributed by atoms with E-state index in [1.165, 1.54) is 29.3 Å². The van der Waals surface area contributed by atoms with Gasteiger partial charge in [0.1, 0.15) is 0 Å². The molecule has 1 aliphatic heterocycles. The predicted molar refractivity (Wildman–Crippen MR) is 123 cm³/mol. The highest BCUT2D eigenvalue weighted by molar-refractivity contribution is 5.94. The lowest BCUT2D eigenvalue weighted by atomic mass is 10.0. The van der Waals surface area contributed by atoms with Crippen LogP contribution < -0.4 is 10.2 Å². The maximum absolute atomic E-state index is 5.02. The molecule has 0 radical (unpaired) electrons. The number of piperidine rings is 1. The molecule has 1 N–H and O–H groups in total. The van der Waals surface area contributed by atoms with Crippen molar-refractivity contribution in [3.05, 3.63) is 90.9 Å². The van der Waals surface area contributed by atoms with Crippen LogP contribution in [0, 0.1) is 0 Å². The maximum atomic E-state index is 5.02. The molecule has 4 nitrogen and oxygen atoms in total. The Morgan fingerprint density at radius 1 is 0.967 bits per heavy atom. The van der Waals surface area contributed by atoms with Crippen LogP contribution in [0.1, 0.15) is 18.5 Å². The van der Waals surface area contributed by atoms with Crippen molar-refractivity contribution in [3.63, 3.8) is 0 Å². The van der Waals surface area contributed by atoms with Crippen molar-refractivity contribution in [1.29, 1.82) is 0 Å². The Kier molecular flexibility index (Phi) is 5.40. The van der Waals surface area contributed by atoms with E-state index in [1.54, 1.807) is 6.20 Å². The fourth-order valence-electron chi connectivity index (χ4n) is 4.33. The van der Waals surface area contributed by atoms with Gasteiger partial charge in [-0.25, -0.2) is 0 Å². The molecule has 3 heterocycles. The Hall–Kier alpha value is -3.24. The van der Waals surface area contributed by atoms with Gasteiger partial charge in [-0.1, -0.05) is 42.5 Å². The number of hydrogen-bond donors (Lipinski definition) is 1. The van der Waals surface area contributed by atoms with Crippen LogP contribution >= 0.6 is 0 Å². The Morgan fingerprint density at radius 2 is 1.83 bits per heavy atom. The first kappa shape index (κ1) is 18.8. The maximum Gasteiger partial charge on any atom is 0.0799 e. The van der Waals surface area contributed by atoms with Gasteiger partial charge in [-0.15, -0.1) is 0 Å². The molecule has 0 aliphatic carbocycles. The monoisotopic (exact) mass is 394 g/mol. The van der Waals surface area contributed by atoms with E-state index in [1.807, 2.05) is 12.3 Å². The molecule has 0 amide bonds. The number of rotatable bonds is 5. The lowest BCUT2D eigenvalue weighted by Crippen LogP contribution is -2.45. The van der Waals surface area contributed by atoms with Crippen molar-refractivity contribution in [2.24, 2.45) is 0 Å². The van der Waals surface area contributed by atoms with Gasteiger partial charge >= 0.3 is 0 Å². The normalized spacial score (nSPS) is 16.7. The zero-order valence-corrected chi connectivity index (χ0v) is 17.0. The van der Waals surface area contributed by atoms with Crippen LogP contribution in [-0.2, 0) is 6.54 Å². The molecule has 0 bridgehead atoms. The summed E-state index contributed by atoms with van der Waals surface area (Å²) < 4.78 is 0. The second-order valence-corrected chi connectivity index (χ2v) is 7.93. The van der Waals surface area contributed by atoms with Gasteiger partial charge in [0.15, 0.2) is 0 Å². The third-order valence-corrected chi connectivity index (χ3v) is 5.84. The number of aromatic nitrogens is 2. The van der Waals surface area contributed by atoms with Crippen molar-refractivity contribution < 1.29 is 0 Å². The Bertz CT molecular complexity index is 1110. The molecule has 150 valence electrons. The molecule has 4 aromatic rings. The number of para-hydroxylation sites is 1. The summed E-state index contributed by atoms with van der Waals surface area (Å²) in [6, 6.07) is 25.9. The van der Waals surface area contributed by atoms with Crippen LogP contribution in [0.5, 0.6) is 0 Å². The van der Waals surface area contributed by atoms with Gasteiger partial charge in [-0.05, 0) is 48.6 Å². The molecule has 2 aromatic heterocycles. The van der Waals surface area contributed by atoms with E-state index in [0.29, 0.717) is 6.04 Å². The Morgan fingerprint density at radius 3 is 2.70 bits per heavy atom. The first-order chi connectivity index (χ1) is 14.9. The van der Waals surface area contributed by atoms with Crippen LogP contribution in [0.3, 0.4) is 0 Å². The van der Waals surface area contributed by atoms with Crippen LogP contribution in [-0.4, -0.2) is 29.1 Å². The minimum atomic E-state index is 0.467. The van der Waals surface area contributed by atoms with Gasteiger partial charge in [0.2, 0.25) is 0 Å². The summed E-state index contributed by atoms with van der Waals surface area (Å²) in [5.41, 5.74) is 4.45. The zero-order chi connectivity index (χ0) is 20.2. The lowest BCUT2D eigenvalue weighted by molar-refractivity contribution is 0.420. The van der Waals surface area contributed by atoms with Crippen molar-refractivity contribution >= 4 is 16.5 Å². The van der Waals surface area contributed by atoms with Crippen LogP contribution in [0.15, 0.2) is 85.2 Å². The molecular formula is C26H26N4. The number of nitrogens with zero attached hydrogens (tertiary/aromatic N) is 3. The van der Waals surface area contributed by atoms with Crippen molar-refractivity contribution in [2.75, 3.05) is 18.0 Å². The topological polar surface area (TPSA) is 41.0 Å². The van der Waals surface area contributed by atoms with Gasteiger partial charge in [0.25, 0.3) is 0 Å². The third-order valence-electron chi connectivity index (χ3n) is 5.84. The third kappa shape index (κ3) is 4.05. The second kappa shape index (κ2) is 8.64. The first-order valence-corrected chi connectivity index (χ1v) is 10.7. The second-order valence-electron chi connectivity index (χ2n) is 7.93. The molecule has 0 saturated carbocycles. The number of fused-ring (bicyclic) bond motifs is 1. The number of anilines is 1. The summed E-state index contributed by atoms with van der Waals surface area (Å²) in [4.78, 5) is 11.8. The fourth-order valence-corrected chi connectivity index (χ4v) is 4.33. The molecule has 1 aliphatic rings. The summed E-state index contributed by atoms with van der Waals surface area (Å²) in [6.07, 6.45) is 6.11. The smallest absolute Gasteiger partial charge is 0.0799 e. The van der Waals surface area contributed by atoms with E-state index in [9.17, 15) is 0 Å². The number of benzene rings is 2.